The van der Waals surface area contributed by atoms with Crippen molar-refractivity contribution in [2.45, 2.75) is 13.5 Å². The van der Waals surface area contributed by atoms with Crippen LogP contribution in [0.2, 0.25) is 0 Å². The van der Waals surface area contributed by atoms with Crippen LogP contribution in [-0.2, 0) is 6.54 Å². The van der Waals surface area contributed by atoms with Gasteiger partial charge in [0.05, 0.1) is 10.2 Å². The zero-order valence-electron chi connectivity index (χ0n) is 14.7. The quantitative estimate of drug-likeness (QED) is 0.228. The molecule has 0 aliphatic rings. The first-order valence-electron chi connectivity index (χ1n) is 8.26. The molecular formula is C20H19IN4OS. The number of hydrogen-bond donors (Lipinski definition) is 2. The molecule has 4 rings (SSSR count). The van der Waals surface area contributed by atoms with E-state index in [2.05, 4.69) is 21.4 Å². The van der Waals surface area contributed by atoms with E-state index in [0.717, 1.165) is 32.4 Å². The molecule has 4 aromatic rings. The summed E-state index contributed by atoms with van der Waals surface area (Å²) in [6.07, 6.45) is 0. The molecule has 3 N–H and O–H groups in total. The molecule has 138 valence electrons. The largest absolute Gasteiger partial charge is 0.457 e. The minimum absolute atomic E-state index is 0. The van der Waals surface area contributed by atoms with Crippen LogP contribution < -0.4 is 11.1 Å². The number of aromatic nitrogens is 1. The lowest BCUT2D eigenvalue weighted by atomic mass is 10.2. The fraction of sp³-hybridized carbons (Fsp3) is 0.100. The summed E-state index contributed by atoms with van der Waals surface area (Å²) in [6, 6.07) is 19.9. The third kappa shape index (κ3) is 4.67. The summed E-state index contributed by atoms with van der Waals surface area (Å²) < 4.78 is 7.02. The molecule has 0 saturated heterocycles. The number of aliphatic imine (C=N–C) groups is 1. The number of nitrogens with zero attached hydrogens (tertiary/aromatic N) is 2. The van der Waals surface area contributed by atoms with Crippen LogP contribution in [0, 0.1) is 6.92 Å². The number of rotatable bonds is 4. The first-order valence-corrected chi connectivity index (χ1v) is 9.07. The highest BCUT2D eigenvalue weighted by Crippen LogP contribution is 2.31. The van der Waals surface area contributed by atoms with E-state index in [4.69, 9.17) is 10.2 Å². The standard InChI is InChI=1S/C20H18N4OS.HI/c1-13-6-8-14(9-7-13)23-20(21)22-12-15-10-11-17(25-15)19-24-16-4-2-3-5-18(16)26-19;/h2-11H,12H2,1H3,(H3,21,22,23);1H. The Bertz CT molecular complexity index is 1040. The van der Waals surface area contributed by atoms with Crippen LogP contribution in [0.4, 0.5) is 5.69 Å². The predicted octanol–water partition coefficient (Wildman–Crippen LogP) is 5.41. The van der Waals surface area contributed by atoms with Crippen molar-refractivity contribution >= 4 is 57.2 Å². The van der Waals surface area contributed by atoms with E-state index in [1.54, 1.807) is 11.3 Å². The SMILES string of the molecule is Cc1ccc(NC(N)=NCc2ccc(-c3nc4ccccc4s3)o2)cc1.I. The summed E-state index contributed by atoms with van der Waals surface area (Å²) in [5.41, 5.74) is 9.04. The number of hydrogen-bond acceptors (Lipinski definition) is 4. The van der Waals surface area contributed by atoms with Crippen LogP contribution in [0.3, 0.4) is 0 Å². The van der Waals surface area contributed by atoms with Crippen molar-refractivity contribution in [3.8, 4) is 10.8 Å². The fourth-order valence-corrected chi connectivity index (χ4v) is 3.47. The van der Waals surface area contributed by atoms with E-state index in [0.29, 0.717) is 12.5 Å². The number of thiazole rings is 1. The topological polar surface area (TPSA) is 76.4 Å². The first kappa shape index (κ1) is 19.4. The number of anilines is 1. The van der Waals surface area contributed by atoms with Crippen molar-refractivity contribution in [3.05, 3.63) is 72.0 Å². The highest BCUT2D eigenvalue weighted by atomic mass is 127. The van der Waals surface area contributed by atoms with Crippen molar-refractivity contribution in [3.63, 3.8) is 0 Å². The lowest BCUT2D eigenvalue weighted by Gasteiger charge is -2.05. The molecule has 0 amide bonds. The third-order valence-electron chi connectivity index (χ3n) is 3.90. The van der Waals surface area contributed by atoms with E-state index in [9.17, 15) is 0 Å². The fourth-order valence-electron chi connectivity index (χ4n) is 2.54. The number of furan rings is 1. The van der Waals surface area contributed by atoms with Gasteiger partial charge in [0, 0.05) is 5.69 Å². The molecule has 0 aliphatic carbocycles. The van der Waals surface area contributed by atoms with E-state index in [-0.39, 0.29) is 24.0 Å². The predicted molar refractivity (Wildman–Crippen MR) is 123 cm³/mol. The van der Waals surface area contributed by atoms with Crippen molar-refractivity contribution in [1.29, 1.82) is 0 Å². The number of fused-ring (bicyclic) bond motifs is 1. The number of aryl methyl sites for hydroxylation is 1. The third-order valence-corrected chi connectivity index (χ3v) is 4.95. The van der Waals surface area contributed by atoms with Crippen molar-refractivity contribution in [1.82, 2.24) is 4.98 Å². The second-order valence-corrected chi connectivity index (χ2v) is 6.98. The number of benzene rings is 2. The van der Waals surface area contributed by atoms with Crippen molar-refractivity contribution in [2.24, 2.45) is 10.7 Å². The number of halogens is 1. The van der Waals surface area contributed by atoms with Crippen molar-refractivity contribution < 1.29 is 4.42 Å². The zero-order valence-corrected chi connectivity index (χ0v) is 17.8. The maximum Gasteiger partial charge on any atom is 0.193 e. The Kier molecular flexibility index (Phi) is 6.12. The molecule has 2 aromatic heterocycles. The lowest BCUT2D eigenvalue weighted by molar-refractivity contribution is 0.525. The molecule has 0 atom stereocenters. The molecule has 2 aromatic carbocycles. The smallest absolute Gasteiger partial charge is 0.193 e. The van der Waals surface area contributed by atoms with E-state index in [1.165, 1.54) is 5.56 Å². The van der Waals surface area contributed by atoms with Gasteiger partial charge in [-0.1, -0.05) is 29.8 Å². The van der Waals surface area contributed by atoms with Crippen LogP contribution in [0.15, 0.2) is 70.1 Å². The van der Waals surface area contributed by atoms with Crippen molar-refractivity contribution in [2.75, 3.05) is 5.32 Å². The Balaban J connectivity index is 0.00000210. The summed E-state index contributed by atoms with van der Waals surface area (Å²) in [7, 11) is 0. The molecule has 5 nitrogen and oxygen atoms in total. The minimum Gasteiger partial charge on any atom is -0.457 e. The summed E-state index contributed by atoms with van der Waals surface area (Å²) in [4.78, 5) is 8.94. The zero-order chi connectivity index (χ0) is 17.9. The molecule has 2 heterocycles. The van der Waals surface area contributed by atoms with Gasteiger partial charge >= 0.3 is 0 Å². The maximum absolute atomic E-state index is 5.95. The molecule has 27 heavy (non-hydrogen) atoms. The number of nitrogens with two attached hydrogens (primary N) is 1. The number of nitrogens with one attached hydrogen (secondary N) is 1. The van der Waals surface area contributed by atoms with Gasteiger partial charge in [0.15, 0.2) is 16.7 Å². The second kappa shape index (κ2) is 8.53. The molecule has 0 saturated carbocycles. The van der Waals surface area contributed by atoms with Gasteiger partial charge < -0.3 is 15.5 Å². The molecule has 7 heteroatoms. The van der Waals surface area contributed by atoms with Crippen LogP contribution in [0.1, 0.15) is 11.3 Å². The van der Waals surface area contributed by atoms with E-state index >= 15 is 0 Å². The normalized spacial score (nSPS) is 11.4. The van der Waals surface area contributed by atoms with Gasteiger partial charge in [0.1, 0.15) is 12.3 Å². The minimum atomic E-state index is 0. The summed E-state index contributed by atoms with van der Waals surface area (Å²) in [5, 5.41) is 3.94. The second-order valence-electron chi connectivity index (χ2n) is 5.95. The van der Waals surface area contributed by atoms with Gasteiger partial charge in [-0.25, -0.2) is 9.98 Å². The monoisotopic (exact) mass is 490 g/mol. The molecule has 0 fully saturated rings. The molecule has 0 spiro atoms. The van der Waals surface area contributed by atoms with Gasteiger partial charge in [-0.2, -0.15) is 0 Å². The Morgan fingerprint density at radius 3 is 2.67 bits per heavy atom. The average molecular weight is 490 g/mol. The maximum atomic E-state index is 5.95. The Hall–Kier alpha value is -2.39. The van der Waals surface area contributed by atoms with E-state index in [1.807, 2.05) is 61.5 Å². The molecule has 0 unspecified atom stereocenters. The lowest BCUT2D eigenvalue weighted by Crippen LogP contribution is -2.22. The summed E-state index contributed by atoms with van der Waals surface area (Å²) in [6.45, 7) is 2.41. The van der Waals surface area contributed by atoms with E-state index < -0.39 is 0 Å². The Morgan fingerprint density at radius 2 is 1.89 bits per heavy atom. The molecule has 0 aliphatic heterocycles. The van der Waals surface area contributed by atoms with Gasteiger partial charge in [-0.05, 0) is 43.3 Å². The molecular weight excluding hydrogens is 471 g/mol. The number of para-hydroxylation sites is 1. The summed E-state index contributed by atoms with van der Waals surface area (Å²) in [5.74, 6) is 1.85. The average Bonchev–Trinajstić information content (AvgIpc) is 3.28. The van der Waals surface area contributed by atoms with Crippen LogP contribution in [0.25, 0.3) is 21.0 Å². The highest BCUT2D eigenvalue weighted by molar-refractivity contribution is 14.0. The van der Waals surface area contributed by atoms with Crippen LogP contribution in [-0.4, -0.2) is 10.9 Å². The Labute approximate surface area is 178 Å². The first-order chi connectivity index (χ1) is 12.7. The van der Waals surface area contributed by atoms with Gasteiger partial charge in [-0.15, -0.1) is 35.3 Å². The van der Waals surface area contributed by atoms with Crippen LogP contribution >= 0.6 is 35.3 Å². The highest BCUT2D eigenvalue weighted by Gasteiger charge is 2.10. The van der Waals surface area contributed by atoms with Gasteiger partial charge in [0.25, 0.3) is 0 Å². The Morgan fingerprint density at radius 1 is 1.11 bits per heavy atom. The molecule has 0 bridgehead atoms. The molecule has 0 radical (unpaired) electrons. The number of guanidine groups is 1. The van der Waals surface area contributed by atoms with Crippen LogP contribution in [0.5, 0.6) is 0 Å². The summed E-state index contributed by atoms with van der Waals surface area (Å²) >= 11 is 1.61. The van der Waals surface area contributed by atoms with Gasteiger partial charge in [-0.3, -0.25) is 0 Å². The van der Waals surface area contributed by atoms with Gasteiger partial charge in [0.2, 0.25) is 0 Å².